The van der Waals surface area contributed by atoms with Crippen LogP contribution in [0.5, 0.6) is 0 Å². The predicted octanol–water partition coefficient (Wildman–Crippen LogP) is 4.06. The lowest BCUT2D eigenvalue weighted by atomic mass is 10.1. The highest BCUT2D eigenvalue weighted by atomic mass is 16.7. The molecular formula is C28H26O8. The lowest BCUT2D eigenvalue weighted by Gasteiger charge is -2.23. The van der Waals surface area contributed by atoms with E-state index in [1.165, 1.54) is 7.11 Å². The largest absolute Gasteiger partial charge is 0.458 e. The third-order valence-electron chi connectivity index (χ3n) is 5.65. The Morgan fingerprint density at radius 3 is 1.81 bits per heavy atom. The van der Waals surface area contributed by atoms with Gasteiger partial charge in [-0.2, -0.15) is 0 Å². The van der Waals surface area contributed by atoms with Crippen molar-refractivity contribution in [3.8, 4) is 0 Å². The zero-order valence-electron chi connectivity index (χ0n) is 19.6. The van der Waals surface area contributed by atoms with Crippen molar-refractivity contribution < 1.29 is 38.1 Å². The monoisotopic (exact) mass is 490 g/mol. The summed E-state index contributed by atoms with van der Waals surface area (Å²) in [6, 6.07) is 25.5. The number of methoxy groups -OCH3 is 1. The zero-order chi connectivity index (χ0) is 25.3. The van der Waals surface area contributed by atoms with Gasteiger partial charge in [0.25, 0.3) is 0 Å². The Balaban J connectivity index is 1.47. The van der Waals surface area contributed by atoms with Crippen LogP contribution in [-0.2, 0) is 23.7 Å². The number of rotatable bonds is 9. The molecule has 1 aliphatic heterocycles. The Labute approximate surface area is 208 Å². The van der Waals surface area contributed by atoms with E-state index in [1.54, 1.807) is 91.0 Å². The predicted molar refractivity (Wildman–Crippen MR) is 128 cm³/mol. The molecule has 8 heteroatoms. The smallest absolute Gasteiger partial charge is 0.338 e. The molecule has 0 bridgehead atoms. The van der Waals surface area contributed by atoms with Crippen molar-refractivity contribution in [2.45, 2.75) is 31.0 Å². The molecule has 8 nitrogen and oxygen atoms in total. The van der Waals surface area contributed by atoms with Crippen LogP contribution in [0.1, 0.15) is 37.5 Å². The van der Waals surface area contributed by atoms with E-state index >= 15 is 0 Å². The number of hydrogen-bond donors (Lipinski definition) is 0. The van der Waals surface area contributed by atoms with E-state index in [4.69, 9.17) is 23.7 Å². The second-order valence-electron chi connectivity index (χ2n) is 8.10. The molecular weight excluding hydrogens is 464 g/mol. The first-order chi connectivity index (χ1) is 17.5. The van der Waals surface area contributed by atoms with Gasteiger partial charge in [0, 0.05) is 13.5 Å². The Kier molecular flexibility index (Phi) is 8.44. The molecule has 0 N–H and O–H groups in total. The van der Waals surface area contributed by atoms with Crippen molar-refractivity contribution >= 4 is 17.9 Å². The summed E-state index contributed by atoms with van der Waals surface area (Å²) in [5.41, 5.74) is 1.09. The van der Waals surface area contributed by atoms with Gasteiger partial charge in [0.05, 0.1) is 16.7 Å². The average molecular weight is 491 g/mol. The summed E-state index contributed by atoms with van der Waals surface area (Å²) in [5, 5.41) is 0. The van der Waals surface area contributed by atoms with Crippen LogP contribution in [0.15, 0.2) is 91.0 Å². The van der Waals surface area contributed by atoms with Crippen LogP contribution in [-0.4, -0.2) is 56.2 Å². The normalized spacial score (nSPS) is 19.8. The highest BCUT2D eigenvalue weighted by Gasteiger charge is 2.44. The number of benzene rings is 3. The topological polar surface area (TPSA) is 97.4 Å². The molecule has 186 valence electrons. The Hall–Kier alpha value is -4.01. The molecule has 0 aromatic heterocycles. The lowest BCUT2D eigenvalue weighted by Crippen LogP contribution is -2.36. The van der Waals surface area contributed by atoms with Crippen LogP contribution in [0.3, 0.4) is 0 Å². The third kappa shape index (κ3) is 6.35. The Morgan fingerprint density at radius 2 is 1.28 bits per heavy atom. The van der Waals surface area contributed by atoms with E-state index in [2.05, 4.69) is 0 Å². The molecule has 1 aliphatic rings. The minimum Gasteiger partial charge on any atom is -0.458 e. The van der Waals surface area contributed by atoms with Crippen LogP contribution in [0, 0.1) is 0 Å². The maximum atomic E-state index is 12.8. The number of esters is 3. The van der Waals surface area contributed by atoms with E-state index in [1.807, 2.05) is 0 Å². The summed E-state index contributed by atoms with van der Waals surface area (Å²) in [5.74, 6) is -1.69. The van der Waals surface area contributed by atoms with Gasteiger partial charge >= 0.3 is 17.9 Å². The first-order valence-corrected chi connectivity index (χ1v) is 11.5. The molecule has 3 aromatic rings. The molecule has 0 amide bonds. The summed E-state index contributed by atoms with van der Waals surface area (Å²) in [6.07, 6.45) is -3.18. The van der Waals surface area contributed by atoms with Crippen molar-refractivity contribution in [3.05, 3.63) is 108 Å². The highest BCUT2D eigenvalue weighted by Crippen LogP contribution is 2.29. The first-order valence-electron chi connectivity index (χ1n) is 11.5. The quantitative estimate of drug-likeness (QED) is 0.327. The summed E-state index contributed by atoms with van der Waals surface area (Å²) >= 11 is 0. The van der Waals surface area contributed by atoms with Gasteiger partial charge in [-0.15, -0.1) is 0 Å². The molecule has 0 saturated carbocycles. The molecule has 1 fully saturated rings. The third-order valence-corrected chi connectivity index (χ3v) is 5.65. The summed E-state index contributed by atoms with van der Waals surface area (Å²) < 4.78 is 28.1. The molecule has 4 atom stereocenters. The number of carbonyl (C=O) groups is 3. The highest BCUT2D eigenvalue weighted by molar-refractivity contribution is 5.90. The van der Waals surface area contributed by atoms with Gasteiger partial charge in [0.1, 0.15) is 12.7 Å². The van der Waals surface area contributed by atoms with Crippen LogP contribution in [0.4, 0.5) is 0 Å². The van der Waals surface area contributed by atoms with Crippen molar-refractivity contribution in [2.24, 2.45) is 0 Å². The molecule has 1 saturated heterocycles. The van der Waals surface area contributed by atoms with E-state index in [0.717, 1.165) is 0 Å². The molecule has 0 unspecified atom stereocenters. The summed E-state index contributed by atoms with van der Waals surface area (Å²) in [6.45, 7) is -0.257. The van der Waals surface area contributed by atoms with E-state index < -0.39 is 42.5 Å². The first kappa shape index (κ1) is 25.1. The maximum Gasteiger partial charge on any atom is 0.338 e. The fourth-order valence-corrected chi connectivity index (χ4v) is 3.80. The molecule has 0 radical (unpaired) electrons. The molecule has 4 rings (SSSR count). The van der Waals surface area contributed by atoms with Crippen molar-refractivity contribution in [2.75, 3.05) is 13.7 Å². The molecule has 0 aliphatic carbocycles. The van der Waals surface area contributed by atoms with E-state index in [-0.39, 0.29) is 13.0 Å². The van der Waals surface area contributed by atoms with Gasteiger partial charge in [0.15, 0.2) is 18.5 Å². The van der Waals surface area contributed by atoms with Gasteiger partial charge in [-0.3, -0.25) is 0 Å². The van der Waals surface area contributed by atoms with Gasteiger partial charge in [0.2, 0.25) is 0 Å². The minimum absolute atomic E-state index is 0.173. The summed E-state index contributed by atoms with van der Waals surface area (Å²) in [7, 11) is 1.43. The van der Waals surface area contributed by atoms with Crippen molar-refractivity contribution in [3.63, 3.8) is 0 Å². The number of carbonyl (C=O) groups excluding carboxylic acids is 3. The average Bonchev–Trinajstić information content (AvgIpc) is 3.34. The van der Waals surface area contributed by atoms with Crippen molar-refractivity contribution in [1.82, 2.24) is 0 Å². The van der Waals surface area contributed by atoms with Gasteiger partial charge in [-0.05, 0) is 36.4 Å². The molecule has 36 heavy (non-hydrogen) atoms. The Morgan fingerprint density at radius 1 is 0.778 bits per heavy atom. The van der Waals surface area contributed by atoms with Crippen LogP contribution >= 0.6 is 0 Å². The number of ether oxygens (including phenoxy) is 5. The minimum atomic E-state index is -0.969. The Bertz CT molecular complexity index is 1150. The van der Waals surface area contributed by atoms with Crippen LogP contribution in [0.2, 0.25) is 0 Å². The van der Waals surface area contributed by atoms with Crippen LogP contribution in [0.25, 0.3) is 0 Å². The van der Waals surface area contributed by atoms with Gasteiger partial charge < -0.3 is 23.7 Å². The fraction of sp³-hybridized carbons (Fsp3) is 0.250. The zero-order valence-corrected chi connectivity index (χ0v) is 19.6. The second-order valence-corrected chi connectivity index (χ2v) is 8.10. The van der Waals surface area contributed by atoms with E-state index in [0.29, 0.717) is 16.7 Å². The fourth-order valence-electron chi connectivity index (χ4n) is 3.80. The molecule has 0 spiro atoms. The number of hydrogen-bond acceptors (Lipinski definition) is 8. The molecule has 3 aromatic carbocycles. The van der Waals surface area contributed by atoms with E-state index in [9.17, 15) is 14.4 Å². The van der Waals surface area contributed by atoms with Gasteiger partial charge in [-0.1, -0.05) is 54.6 Å². The maximum absolute atomic E-state index is 12.8. The lowest BCUT2D eigenvalue weighted by molar-refractivity contribution is -0.168. The van der Waals surface area contributed by atoms with Crippen LogP contribution < -0.4 is 0 Å². The second kappa shape index (κ2) is 12.1. The molecule has 1 heterocycles. The van der Waals surface area contributed by atoms with Crippen molar-refractivity contribution in [1.29, 1.82) is 0 Å². The van der Waals surface area contributed by atoms with Gasteiger partial charge in [-0.25, -0.2) is 14.4 Å². The standard InChI is InChI=1S/C28H26O8/c1-32-28-23(34-26(30)20-13-7-3-8-14-20)17-22(36-28)24(35-27(31)21-15-9-4-10-16-21)18-33-25(29)19-11-5-2-6-12-19/h2-16,22-24,28H,17-18H2,1H3/t22-,23-,24-,28-/m1/s1. The SMILES string of the molecule is CO[C@@H]1O[C@@H]([C@@H](COC(=O)c2ccccc2)OC(=O)c2ccccc2)C[C@H]1OC(=O)c1ccccc1. The summed E-state index contributed by atoms with van der Waals surface area (Å²) in [4.78, 5) is 37.9.